The van der Waals surface area contributed by atoms with Gasteiger partial charge in [0.05, 0.1) is 12.0 Å². The summed E-state index contributed by atoms with van der Waals surface area (Å²) in [5.74, 6) is -1.55. The van der Waals surface area contributed by atoms with E-state index >= 15 is 0 Å². The van der Waals surface area contributed by atoms with Gasteiger partial charge in [-0.2, -0.15) is 0 Å². The van der Waals surface area contributed by atoms with E-state index in [1.54, 1.807) is 26.0 Å². The fourth-order valence-electron chi connectivity index (χ4n) is 3.18. The van der Waals surface area contributed by atoms with Gasteiger partial charge in [0, 0.05) is 5.56 Å². The lowest BCUT2D eigenvalue weighted by Crippen LogP contribution is -2.15. The summed E-state index contributed by atoms with van der Waals surface area (Å²) in [6, 6.07) is 5.12. The standard InChI is InChI=1S/C19H20NO8P/c1-4-10-8-7-9-12-15(21)14-17(27-16(10)12)11(5-2)13(19(22)26-6-3)18(20-14)28-29(23,24)25/h7-9H,4-6H2,1-3H3,(H2,23,24,25). The molecular weight excluding hydrogens is 401 g/mol. The predicted octanol–water partition coefficient (Wildman–Crippen LogP) is 3.11. The van der Waals surface area contributed by atoms with Crippen LogP contribution in [0.5, 0.6) is 5.88 Å². The van der Waals surface area contributed by atoms with Gasteiger partial charge in [0.1, 0.15) is 11.1 Å². The average molecular weight is 421 g/mol. The normalized spacial score (nSPS) is 11.8. The fraction of sp³-hybridized carbons (Fsp3) is 0.316. The van der Waals surface area contributed by atoms with Gasteiger partial charge >= 0.3 is 13.8 Å². The molecule has 2 heterocycles. The first kappa shape index (κ1) is 21.0. The fourth-order valence-corrected chi connectivity index (χ4v) is 3.54. The van der Waals surface area contributed by atoms with Crippen LogP contribution in [0.15, 0.2) is 27.4 Å². The van der Waals surface area contributed by atoms with Crippen LogP contribution in [-0.2, 0) is 22.1 Å². The van der Waals surface area contributed by atoms with Crippen molar-refractivity contribution in [2.45, 2.75) is 33.6 Å². The van der Waals surface area contributed by atoms with Crippen molar-refractivity contribution in [2.24, 2.45) is 0 Å². The molecule has 3 aromatic rings. The second-order valence-electron chi connectivity index (χ2n) is 6.18. The summed E-state index contributed by atoms with van der Waals surface area (Å²) in [5, 5.41) is 0.275. The summed E-state index contributed by atoms with van der Waals surface area (Å²) in [6.45, 7) is 5.23. The van der Waals surface area contributed by atoms with E-state index in [2.05, 4.69) is 9.51 Å². The lowest BCUT2D eigenvalue weighted by molar-refractivity contribution is 0.0522. The van der Waals surface area contributed by atoms with Crippen molar-refractivity contribution in [3.05, 3.63) is 45.1 Å². The highest BCUT2D eigenvalue weighted by Crippen LogP contribution is 2.41. The number of para-hydroxylation sites is 1. The van der Waals surface area contributed by atoms with Crippen LogP contribution in [-0.4, -0.2) is 27.3 Å². The molecule has 154 valence electrons. The Kier molecular flexibility index (Phi) is 5.75. The third-order valence-electron chi connectivity index (χ3n) is 4.40. The van der Waals surface area contributed by atoms with E-state index < -0.39 is 25.1 Å². The number of aryl methyl sites for hydroxylation is 2. The van der Waals surface area contributed by atoms with Crippen molar-refractivity contribution in [1.29, 1.82) is 0 Å². The van der Waals surface area contributed by atoms with E-state index in [9.17, 15) is 23.9 Å². The van der Waals surface area contributed by atoms with Crippen LogP contribution in [0.4, 0.5) is 0 Å². The van der Waals surface area contributed by atoms with E-state index in [4.69, 9.17) is 9.15 Å². The van der Waals surface area contributed by atoms with Crippen LogP contribution >= 0.6 is 7.82 Å². The van der Waals surface area contributed by atoms with Gasteiger partial charge in [-0.1, -0.05) is 26.0 Å². The minimum absolute atomic E-state index is 0.0248. The molecule has 0 bridgehead atoms. The number of phosphoric acid groups is 1. The summed E-state index contributed by atoms with van der Waals surface area (Å²) < 4.78 is 27.1. The van der Waals surface area contributed by atoms with Crippen molar-refractivity contribution in [3.8, 4) is 5.88 Å². The molecular formula is C19H20NO8P. The topological polar surface area (TPSA) is 136 Å². The average Bonchev–Trinajstić information content (AvgIpc) is 2.66. The maximum atomic E-state index is 13.1. The molecule has 0 amide bonds. The number of fused-ring (bicyclic) bond motifs is 2. The molecule has 10 heteroatoms. The zero-order chi connectivity index (χ0) is 21.3. The molecule has 0 unspecified atom stereocenters. The maximum absolute atomic E-state index is 13.1. The number of carbonyl (C=O) groups is 1. The van der Waals surface area contributed by atoms with E-state index in [1.165, 1.54) is 0 Å². The predicted molar refractivity (Wildman–Crippen MR) is 105 cm³/mol. The molecule has 2 N–H and O–H groups in total. The molecule has 0 aliphatic rings. The minimum Gasteiger partial charge on any atom is -0.462 e. The van der Waals surface area contributed by atoms with Gasteiger partial charge in [-0.15, -0.1) is 0 Å². The molecule has 0 aliphatic carbocycles. The lowest BCUT2D eigenvalue weighted by Gasteiger charge is -2.15. The largest absolute Gasteiger partial charge is 0.526 e. The smallest absolute Gasteiger partial charge is 0.462 e. The molecule has 0 aliphatic heterocycles. The van der Waals surface area contributed by atoms with Crippen LogP contribution in [0.3, 0.4) is 0 Å². The molecule has 29 heavy (non-hydrogen) atoms. The molecule has 0 radical (unpaired) electrons. The second kappa shape index (κ2) is 7.94. The van der Waals surface area contributed by atoms with Gasteiger partial charge in [-0.25, -0.2) is 14.3 Å². The number of carbonyl (C=O) groups excluding carboxylic acids is 1. The molecule has 0 saturated heterocycles. The summed E-state index contributed by atoms with van der Waals surface area (Å²) in [7, 11) is -5.06. The quantitative estimate of drug-likeness (QED) is 0.349. The maximum Gasteiger partial charge on any atom is 0.526 e. The minimum atomic E-state index is -5.06. The second-order valence-corrected chi connectivity index (χ2v) is 7.35. The molecule has 0 fully saturated rings. The van der Waals surface area contributed by atoms with Crippen LogP contribution < -0.4 is 9.95 Å². The van der Waals surface area contributed by atoms with E-state index in [1.807, 2.05) is 13.0 Å². The Labute approximate surface area is 165 Å². The number of aromatic nitrogens is 1. The highest BCUT2D eigenvalue weighted by molar-refractivity contribution is 7.46. The van der Waals surface area contributed by atoms with Crippen molar-refractivity contribution in [2.75, 3.05) is 6.61 Å². The summed E-state index contributed by atoms with van der Waals surface area (Å²) >= 11 is 0. The summed E-state index contributed by atoms with van der Waals surface area (Å²) in [4.78, 5) is 48.0. The molecule has 0 atom stereocenters. The molecule has 2 aromatic heterocycles. The van der Waals surface area contributed by atoms with Gasteiger partial charge in [-0.05, 0) is 31.4 Å². The number of hydrogen-bond acceptors (Lipinski definition) is 7. The number of hydrogen-bond donors (Lipinski definition) is 2. The number of rotatable bonds is 6. The molecule has 9 nitrogen and oxygen atoms in total. The van der Waals surface area contributed by atoms with Crippen LogP contribution in [0.1, 0.15) is 42.3 Å². The number of ether oxygens (including phenoxy) is 1. The first-order valence-corrected chi connectivity index (χ1v) is 10.6. The van der Waals surface area contributed by atoms with Crippen molar-refractivity contribution < 1.29 is 32.8 Å². The monoisotopic (exact) mass is 421 g/mol. The zero-order valence-corrected chi connectivity index (χ0v) is 17.0. The van der Waals surface area contributed by atoms with Gasteiger partial charge in [-0.3, -0.25) is 14.6 Å². The number of benzene rings is 1. The van der Waals surface area contributed by atoms with E-state index in [0.29, 0.717) is 12.0 Å². The Morgan fingerprint density at radius 1 is 1.17 bits per heavy atom. The Balaban J connectivity index is 2.50. The van der Waals surface area contributed by atoms with Crippen molar-refractivity contribution in [1.82, 2.24) is 4.98 Å². The highest BCUT2D eigenvalue weighted by atomic mass is 31.2. The number of pyridine rings is 1. The first-order chi connectivity index (χ1) is 13.7. The van der Waals surface area contributed by atoms with Gasteiger partial charge in [0.25, 0.3) is 0 Å². The lowest BCUT2D eigenvalue weighted by atomic mass is 10.0. The molecule has 1 aromatic carbocycles. The van der Waals surface area contributed by atoms with Crippen LogP contribution in [0, 0.1) is 0 Å². The third-order valence-corrected chi connectivity index (χ3v) is 4.81. The zero-order valence-electron chi connectivity index (χ0n) is 16.1. The Hall–Kier alpha value is -2.74. The number of phosphoric ester groups is 1. The Morgan fingerprint density at radius 3 is 2.48 bits per heavy atom. The Bertz CT molecular complexity index is 1210. The summed E-state index contributed by atoms with van der Waals surface area (Å²) in [6.07, 6.45) is 0.818. The van der Waals surface area contributed by atoms with E-state index in [0.717, 1.165) is 5.56 Å². The van der Waals surface area contributed by atoms with Gasteiger partial charge in [0.2, 0.25) is 11.3 Å². The molecule has 0 spiro atoms. The van der Waals surface area contributed by atoms with Crippen LogP contribution in [0.2, 0.25) is 0 Å². The number of nitrogens with zero attached hydrogens (tertiary/aromatic N) is 1. The highest BCUT2D eigenvalue weighted by Gasteiger charge is 2.30. The van der Waals surface area contributed by atoms with Crippen molar-refractivity contribution >= 4 is 35.9 Å². The molecule has 0 saturated carbocycles. The summed E-state index contributed by atoms with van der Waals surface area (Å²) in [5.41, 5.74) is 0.519. The van der Waals surface area contributed by atoms with E-state index in [-0.39, 0.29) is 40.6 Å². The first-order valence-electron chi connectivity index (χ1n) is 9.05. The molecule has 3 rings (SSSR count). The number of esters is 1. The third kappa shape index (κ3) is 3.89. The van der Waals surface area contributed by atoms with Gasteiger partial charge in [0.15, 0.2) is 11.1 Å². The SMILES string of the molecule is CCOC(=O)c1c(OP(=O)(O)O)nc2c(=O)c3cccc(CC)c3oc2c1CC. The van der Waals surface area contributed by atoms with Gasteiger partial charge < -0.3 is 13.7 Å². The Morgan fingerprint density at radius 2 is 1.90 bits per heavy atom. The van der Waals surface area contributed by atoms with Crippen molar-refractivity contribution in [3.63, 3.8) is 0 Å². The van der Waals surface area contributed by atoms with Crippen LogP contribution in [0.25, 0.3) is 22.1 Å².